The van der Waals surface area contributed by atoms with E-state index in [1.165, 1.54) is 12.8 Å². The maximum absolute atomic E-state index is 5.58. The van der Waals surface area contributed by atoms with Gasteiger partial charge in [0.1, 0.15) is 0 Å². The predicted octanol–water partition coefficient (Wildman–Crippen LogP) is 2.12. The number of ether oxygens (including phenoxy) is 1. The van der Waals surface area contributed by atoms with Gasteiger partial charge in [0.15, 0.2) is 0 Å². The summed E-state index contributed by atoms with van der Waals surface area (Å²) in [5.74, 6) is 0.661. The molecule has 3 atom stereocenters. The van der Waals surface area contributed by atoms with Crippen molar-refractivity contribution in [3.05, 3.63) is 0 Å². The molecule has 1 fully saturated rings. The summed E-state index contributed by atoms with van der Waals surface area (Å²) in [5, 5.41) is 3.76. The van der Waals surface area contributed by atoms with Crippen LogP contribution in [0.4, 0.5) is 0 Å². The lowest BCUT2D eigenvalue weighted by Crippen LogP contribution is -2.60. The van der Waals surface area contributed by atoms with Crippen LogP contribution in [0.25, 0.3) is 0 Å². The zero-order valence-corrected chi connectivity index (χ0v) is 12.3. The van der Waals surface area contributed by atoms with Crippen molar-refractivity contribution < 1.29 is 4.74 Å². The molecule has 1 rings (SSSR count). The highest BCUT2D eigenvalue weighted by Gasteiger charge is 2.40. The highest BCUT2D eigenvalue weighted by molar-refractivity contribution is 4.98. The average molecular weight is 242 g/mol. The molecular formula is C14H30N2O. The van der Waals surface area contributed by atoms with Crippen molar-refractivity contribution in [1.29, 1.82) is 0 Å². The predicted molar refractivity (Wildman–Crippen MR) is 73.4 cm³/mol. The van der Waals surface area contributed by atoms with Gasteiger partial charge in [0, 0.05) is 24.1 Å². The normalized spacial score (nSPS) is 26.1. The lowest BCUT2D eigenvalue weighted by atomic mass is 9.79. The molecule has 0 aromatic carbocycles. The molecule has 0 aliphatic carbocycles. The number of hydrogen-bond acceptors (Lipinski definition) is 3. The van der Waals surface area contributed by atoms with E-state index in [9.17, 15) is 0 Å². The van der Waals surface area contributed by atoms with Crippen molar-refractivity contribution in [2.45, 2.75) is 51.6 Å². The van der Waals surface area contributed by atoms with Gasteiger partial charge in [-0.2, -0.15) is 0 Å². The van der Waals surface area contributed by atoms with Gasteiger partial charge in [-0.05, 0) is 46.8 Å². The van der Waals surface area contributed by atoms with Gasteiger partial charge in [0.2, 0.25) is 0 Å². The molecule has 1 aliphatic heterocycles. The molecular weight excluding hydrogens is 212 g/mol. The van der Waals surface area contributed by atoms with E-state index in [4.69, 9.17) is 4.74 Å². The maximum atomic E-state index is 5.58. The zero-order valence-electron chi connectivity index (χ0n) is 12.3. The first-order valence-electron chi connectivity index (χ1n) is 7.04. The molecule has 17 heavy (non-hydrogen) atoms. The summed E-state index contributed by atoms with van der Waals surface area (Å²) in [5.41, 5.74) is 0.216. The van der Waals surface area contributed by atoms with Crippen LogP contribution in [0.15, 0.2) is 0 Å². The fourth-order valence-corrected chi connectivity index (χ4v) is 2.82. The third kappa shape index (κ3) is 3.43. The van der Waals surface area contributed by atoms with E-state index in [0.717, 1.165) is 26.2 Å². The maximum Gasteiger partial charge on any atom is 0.0510 e. The minimum Gasteiger partial charge on any atom is -0.381 e. The van der Waals surface area contributed by atoms with Crippen LogP contribution in [0.2, 0.25) is 0 Å². The van der Waals surface area contributed by atoms with E-state index >= 15 is 0 Å². The second-order valence-corrected chi connectivity index (χ2v) is 5.66. The van der Waals surface area contributed by atoms with Crippen molar-refractivity contribution in [2.75, 3.05) is 33.9 Å². The van der Waals surface area contributed by atoms with Crippen molar-refractivity contribution >= 4 is 0 Å². The van der Waals surface area contributed by atoms with Gasteiger partial charge in [0.25, 0.3) is 0 Å². The lowest BCUT2D eigenvalue weighted by Gasteiger charge is -2.45. The van der Waals surface area contributed by atoms with Gasteiger partial charge in [-0.1, -0.05) is 13.8 Å². The summed E-state index contributed by atoms with van der Waals surface area (Å²) in [6, 6.07) is 0.532. The number of nitrogens with one attached hydrogen (secondary N) is 1. The monoisotopic (exact) mass is 242 g/mol. The van der Waals surface area contributed by atoms with Gasteiger partial charge >= 0.3 is 0 Å². The Kier molecular flexibility index (Phi) is 5.90. The van der Waals surface area contributed by atoms with Crippen LogP contribution >= 0.6 is 0 Å². The molecule has 0 amide bonds. The number of rotatable bonds is 7. The van der Waals surface area contributed by atoms with Crippen LogP contribution in [0, 0.1) is 5.92 Å². The highest BCUT2D eigenvalue weighted by Crippen LogP contribution is 2.30. The van der Waals surface area contributed by atoms with E-state index in [0.29, 0.717) is 12.0 Å². The van der Waals surface area contributed by atoms with Crippen LogP contribution < -0.4 is 5.32 Å². The Morgan fingerprint density at radius 3 is 2.53 bits per heavy atom. The van der Waals surface area contributed by atoms with Crippen molar-refractivity contribution in [2.24, 2.45) is 5.92 Å². The average Bonchev–Trinajstić information content (AvgIpc) is 2.82. The third-order valence-electron chi connectivity index (χ3n) is 4.46. The minimum atomic E-state index is 0.216. The Labute approximate surface area is 107 Å². The molecule has 0 spiro atoms. The molecule has 1 saturated heterocycles. The smallest absolute Gasteiger partial charge is 0.0510 e. The van der Waals surface area contributed by atoms with Crippen molar-refractivity contribution in [1.82, 2.24) is 10.2 Å². The summed E-state index contributed by atoms with van der Waals surface area (Å²) in [4.78, 5) is 2.37. The van der Waals surface area contributed by atoms with Gasteiger partial charge in [-0.15, -0.1) is 0 Å². The fraction of sp³-hybridized carbons (Fsp3) is 1.00. The SMILES string of the molecule is CCCNC(C1CCOC1)C(C)(CC)N(C)C. The van der Waals surface area contributed by atoms with E-state index in [2.05, 4.69) is 45.1 Å². The molecule has 0 radical (unpaired) electrons. The van der Waals surface area contributed by atoms with Gasteiger partial charge in [-0.25, -0.2) is 0 Å². The van der Waals surface area contributed by atoms with Crippen LogP contribution in [-0.4, -0.2) is 50.3 Å². The molecule has 1 N–H and O–H groups in total. The fourth-order valence-electron chi connectivity index (χ4n) is 2.82. The molecule has 3 heteroatoms. The molecule has 1 heterocycles. The summed E-state index contributed by atoms with van der Waals surface area (Å²) >= 11 is 0. The van der Waals surface area contributed by atoms with Crippen LogP contribution in [0.1, 0.15) is 40.0 Å². The van der Waals surface area contributed by atoms with Crippen LogP contribution in [0.5, 0.6) is 0 Å². The molecule has 0 aromatic heterocycles. The zero-order chi connectivity index (χ0) is 12.9. The minimum absolute atomic E-state index is 0.216. The van der Waals surface area contributed by atoms with Gasteiger partial charge < -0.3 is 15.0 Å². The Bertz CT molecular complexity index is 214. The van der Waals surface area contributed by atoms with Crippen LogP contribution in [-0.2, 0) is 4.74 Å². The Balaban J connectivity index is 2.78. The van der Waals surface area contributed by atoms with E-state index < -0.39 is 0 Å². The van der Waals surface area contributed by atoms with Crippen molar-refractivity contribution in [3.63, 3.8) is 0 Å². The number of hydrogen-bond donors (Lipinski definition) is 1. The van der Waals surface area contributed by atoms with E-state index in [1.54, 1.807) is 0 Å². The molecule has 0 bridgehead atoms. The first-order valence-corrected chi connectivity index (χ1v) is 7.04. The Morgan fingerprint density at radius 1 is 1.41 bits per heavy atom. The summed E-state index contributed by atoms with van der Waals surface area (Å²) in [6.07, 6.45) is 3.56. The summed E-state index contributed by atoms with van der Waals surface area (Å²) in [6.45, 7) is 9.85. The largest absolute Gasteiger partial charge is 0.381 e. The van der Waals surface area contributed by atoms with Crippen molar-refractivity contribution in [3.8, 4) is 0 Å². The second-order valence-electron chi connectivity index (χ2n) is 5.66. The standard InChI is InChI=1S/C14H30N2O/c1-6-9-15-13(12-8-10-17-11-12)14(3,7-2)16(4)5/h12-13,15H,6-11H2,1-5H3. The lowest BCUT2D eigenvalue weighted by molar-refractivity contribution is 0.0730. The molecule has 3 unspecified atom stereocenters. The molecule has 102 valence electrons. The molecule has 0 saturated carbocycles. The summed E-state index contributed by atoms with van der Waals surface area (Å²) < 4.78 is 5.58. The quantitative estimate of drug-likeness (QED) is 0.740. The highest BCUT2D eigenvalue weighted by atomic mass is 16.5. The van der Waals surface area contributed by atoms with Gasteiger partial charge in [0.05, 0.1) is 6.61 Å². The molecule has 1 aliphatic rings. The summed E-state index contributed by atoms with van der Waals surface area (Å²) in [7, 11) is 4.39. The number of nitrogens with zero attached hydrogens (tertiary/aromatic N) is 1. The first kappa shape index (κ1) is 14.9. The molecule has 3 nitrogen and oxygen atoms in total. The first-order chi connectivity index (χ1) is 8.06. The van der Waals surface area contributed by atoms with E-state index in [-0.39, 0.29) is 5.54 Å². The van der Waals surface area contributed by atoms with Crippen LogP contribution in [0.3, 0.4) is 0 Å². The molecule has 0 aromatic rings. The van der Waals surface area contributed by atoms with Gasteiger partial charge in [-0.3, -0.25) is 0 Å². The number of likely N-dealkylation sites (N-methyl/N-ethyl adjacent to an activating group) is 1. The Hall–Kier alpha value is -0.120. The topological polar surface area (TPSA) is 24.5 Å². The van der Waals surface area contributed by atoms with E-state index in [1.807, 2.05) is 0 Å². The Morgan fingerprint density at radius 2 is 2.12 bits per heavy atom. The second kappa shape index (κ2) is 6.72. The third-order valence-corrected chi connectivity index (χ3v) is 4.46.